The number of ether oxygens (including phenoxy) is 1. The lowest BCUT2D eigenvalue weighted by atomic mass is 10.2. The summed E-state index contributed by atoms with van der Waals surface area (Å²) in [7, 11) is 0. The summed E-state index contributed by atoms with van der Waals surface area (Å²) >= 11 is 1.45. The zero-order valence-electron chi connectivity index (χ0n) is 9.84. The van der Waals surface area contributed by atoms with Crippen LogP contribution >= 0.6 is 11.8 Å². The quantitative estimate of drug-likeness (QED) is 0.592. The van der Waals surface area contributed by atoms with E-state index in [1.807, 2.05) is 6.92 Å². The predicted octanol–water partition coefficient (Wildman–Crippen LogP) is 2.24. The molecule has 1 rings (SSSR count). The molecule has 0 saturated heterocycles. The van der Waals surface area contributed by atoms with E-state index < -0.39 is 0 Å². The zero-order valence-corrected chi connectivity index (χ0v) is 10.7. The van der Waals surface area contributed by atoms with Gasteiger partial charge in [-0.3, -0.25) is 4.79 Å². The molecular formula is C12H14N2O2S. The van der Waals surface area contributed by atoms with E-state index in [9.17, 15) is 4.79 Å². The van der Waals surface area contributed by atoms with Gasteiger partial charge in [0.1, 0.15) is 0 Å². The summed E-state index contributed by atoms with van der Waals surface area (Å²) in [4.78, 5) is 15.5. The van der Waals surface area contributed by atoms with E-state index in [0.29, 0.717) is 17.9 Å². The van der Waals surface area contributed by atoms with E-state index >= 15 is 0 Å². The number of hydrogen-bond donors (Lipinski definition) is 0. The first-order valence-electron chi connectivity index (χ1n) is 5.33. The lowest BCUT2D eigenvalue weighted by Gasteiger charge is -2.09. The molecule has 0 N–H and O–H groups in total. The predicted molar refractivity (Wildman–Crippen MR) is 65.5 cm³/mol. The molecule has 4 nitrogen and oxygen atoms in total. The first-order chi connectivity index (χ1) is 8.17. The van der Waals surface area contributed by atoms with Crippen LogP contribution in [0.25, 0.3) is 0 Å². The van der Waals surface area contributed by atoms with Crippen molar-refractivity contribution in [2.75, 3.05) is 12.4 Å². The SMILES string of the molecule is CCOC(=O)C(C)CSc1cc(C#N)ccn1. The highest BCUT2D eigenvalue weighted by Gasteiger charge is 2.14. The maximum Gasteiger partial charge on any atom is 0.309 e. The lowest BCUT2D eigenvalue weighted by molar-refractivity contribution is -0.146. The maximum atomic E-state index is 11.4. The highest BCUT2D eigenvalue weighted by molar-refractivity contribution is 7.99. The summed E-state index contributed by atoms with van der Waals surface area (Å²) in [6.07, 6.45) is 1.59. The zero-order chi connectivity index (χ0) is 12.7. The van der Waals surface area contributed by atoms with E-state index in [-0.39, 0.29) is 11.9 Å². The number of rotatable bonds is 5. The van der Waals surface area contributed by atoms with Crippen molar-refractivity contribution in [3.8, 4) is 6.07 Å². The average Bonchev–Trinajstić information content (AvgIpc) is 2.36. The van der Waals surface area contributed by atoms with Crippen LogP contribution in [0.2, 0.25) is 0 Å². The third-order valence-corrected chi connectivity index (χ3v) is 3.22. The topological polar surface area (TPSA) is 63.0 Å². The van der Waals surface area contributed by atoms with Crippen molar-refractivity contribution >= 4 is 17.7 Å². The van der Waals surface area contributed by atoms with Gasteiger partial charge in [0.25, 0.3) is 0 Å². The van der Waals surface area contributed by atoms with Crippen molar-refractivity contribution < 1.29 is 9.53 Å². The Balaban J connectivity index is 2.50. The Labute approximate surface area is 105 Å². The molecule has 1 atom stereocenters. The lowest BCUT2D eigenvalue weighted by Crippen LogP contribution is -2.16. The Morgan fingerprint density at radius 2 is 2.47 bits per heavy atom. The minimum atomic E-state index is -0.198. The number of hydrogen-bond acceptors (Lipinski definition) is 5. The standard InChI is InChI=1S/C12H14N2O2S/c1-3-16-12(15)9(2)8-17-11-6-10(7-13)4-5-14-11/h4-6,9H,3,8H2,1-2H3. The Morgan fingerprint density at radius 3 is 3.12 bits per heavy atom. The van der Waals surface area contributed by atoms with Gasteiger partial charge in [0.05, 0.1) is 29.2 Å². The number of nitrogens with zero attached hydrogens (tertiary/aromatic N) is 2. The average molecular weight is 250 g/mol. The number of carbonyl (C=O) groups excluding carboxylic acids is 1. The summed E-state index contributed by atoms with van der Waals surface area (Å²) < 4.78 is 4.91. The van der Waals surface area contributed by atoms with Crippen LogP contribution in [0.5, 0.6) is 0 Å². The molecule has 0 amide bonds. The van der Waals surface area contributed by atoms with Crippen LogP contribution in [-0.4, -0.2) is 23.3 Å². The van der Waals surface area contributed by atoms with Gasteiger partial charge in [-0.2, -0.15) is 5.26 Å². The second kappa shape index (κ2) is 6.92. The van der Waals surface area contributed by atoms with Crippen LogP contribution in [0.1, 0.15) is 19.4 Å². The summed E-state index contributed by atoms with van der Waals surface area (Å²) in [6, 6.07) is 5.42. The Hall–Kier alpha value is -1.54. The van der Waals surface area contributed by atoms with Crippen molar-refractivity contribution in [1.29, 1.82) is 5.26 Å². The van der Waals surface area contributed by atoms with Gasteiger partial charge in [-0.05, 0) is 19.1 Å². The fourth-order valence-corrected chi connectivity index (χ4v) is 2.02. The van der Waals surface area contributed by atoms with Crippen LogP contribution < -0.4 is 0 Å². The van der Waals surface area contributed by atoms with Gasteiger partial charge in [0, 0.05) is 11.9 Å². The molecule has 5 heteroatoms. The molecular weight excluding hydrogens is 236 g/mol. The molecule has 0 saturated carbocycles. The van der Waals surface area contributed by atoms with Gasteiger partial charge < -0.3 is 4.74 Å². The normalized spacial score (nSPS) is 11.6. The molecule has 90 valence electrons. The molecule has 0 fully saturated rings. The number of nitriles is 1. The molecule has 0 radical (unpaired) electrons. The van der Waals surface area contributed by atoms with E-state index in [1.54, 1.807) is 25.3 Å². The van der Waals surface area contributed by atoms with Gasteiger partial charge in [0.15, 0.2) is 0 Å². The second-order valence-electron chi connectivity index (χ2n) is 3.46. The molecule has 0 aromatic carbocycles. The largest absolute Gasteiger partial charge is 0.466 e. The third-order valence-electron chi connectivity index (χ3n) is 2.03. The van der Waals surface area contributed by atoms with Gasteiger partial charge in [-0.15, -0.1) is 11.8 Å². The van der Waals surface area contributed by atoms with Crippen molar-refractivity contribution in [2.45, 2.75) is 18.9 Å². The summed E-state index contributed by atoms with van der Waals surface area (Å²) in [6.45, 7) is 4.00. The van der Waals surface area contributed by atoms with Gasteiger partial charge in [-0.25, -0.2) is 4.98 Å². The molecule has 0 aliphatic carbocycles. The third kappa shape index (κ3) is 4.45. The fraction of sp³-hybridized carbons (Fsp3) is 0.417. The Kier molecular flexibility index (Phi) is 5.50. The molecule has 0 bridgehead atoms. The number of carbonyl (C=O) groups is 1. The van der Waals surface area contributed by atoms with Crippen molar-refractivity contribution in [2.24, 2.45) is 5.92 Å². The van der Waals surface area contributed by atoms with Crippen LogP contribution in [0, 0.1) is 17.2 Å². The van der Waals surface area contributed by atoms with Gasteiger partial charge in [0.2, 0.25) is 0 Å². The molecule has 17 heavy (non-hydrogen) atoms. The second-order valence-corrected chi connectivity index (χ2v) is 4.50. The molecule has 0 spiro atoms. The highest BCUT2D eigenvalue weighted by atomic mass is 32.2. The minimum absolute atomic E-state index is 0.174. The number of thioether (sulfide) groups is 1. The molecule has 0 aliphatic heterocycles. The van der Waals surface area contributed by atoms with Crippen LogP contribution in [-0.2, 0) is 9.53 Å². The van der Waals surface area contributed by atoms with Crippen molar-refractivity contribution in [1.82, 2.24) is 4.98 Å². The molecule has 0 aliphatic rings. The summed E-state index contributed by atoms with van der Waals surface area (Å²) in [5, 5.41) is 9.49. The summed E-state index contributed by atoms with van der Waals surface area (Å²) in [5.41, 5.74) is 0.575. The number of aromatic nitrogens is 1. The van der Waals surface area contributed by atoms with Gasteiger partial charge >= 0.3 is 5.97 Å². The smallest absolute Gasteiger partial charge is 0.309 e. The van der Waals surface area contributed by atoms with E-state index in [1.165, 1.54) is 11.8 Å². The monoisotopic (exact) mass is 250 g/mol. The van der Waals surface area contributed by atoms with Gasteiger partial charge in [-0.1, -0.05) is 6.92 Å². The Morgan fingerprint density at radius 1 is 1.71 bits per heavy atom. The molecule has 1 unspecified atom stereocenters. The molecule has 1 aromatic rings. The van der Waals surface area contributed by atoms with Crippen molar-refractivity contribution in [3.05, 3.63) is 23.9 Å². The first-order valence-corrected chi connectivity index (χ1v) is 6.31. The van der Waals surface area contributed by atoms with Crippen molar-refractivity contribution in [3.63, 3.8) is 0 Å². The Bertz CT molecular complexity index is 429. The van der Waals surface area contributed by atoms with Crippen LogP contribution in [0.3, 0.4) is 0 Å². The molecule has 1 aromatic heterocycles. The number of esters is 1. The van der Waals surface area contributed by atoms with Crippen LogP contribution in [0.4, 0.5) is 0 Å². The van der Waals surface area contributed by atoms with E-state index in [2.05, 4.69) is 11.1 Å². The fourth-order valence-electron chi connectivity index (χ4n) is 1.12. The first kappa shape index (κ1) is 13.5. The minimum Gasteiger partial charge on any atom is -0.466 e. The van der Waals surface area contributed by atoms with Crippen LogP contribution in [0.15, 0.2) is 23.4 Å². The maximum absolute atomic E-state index is 11.4. The summed E-state index contributed by atoms with van der Waals surface area (Å²) in [5.74, 6) is 0.227. The van der Waals surface area contributed by atoms with E-state index in [4.69, 9.17) is 10.00 Å². The molecule has 1 heterocycles. The van der Waals surface area contributed by atoms with E-state index in [0.717, 1.165) is 5.03 Å². The highest BCUT2D eigenvalue weighted by Crippen LogP contribution is 2.19. The number of pyridine rings is 1.